The summed E-state index contributed by atoms with van der Waals surface area (Å²) >= 11 is 7.72. The van der Waals surface area contributed by atoms with Gasteiger partial charge in [0, 0.05) is 78.1 Å². The molecule has 326 valence electrons. The number of nitrogens with zero attached hydrogens (tertiary/aromatic N) is 6. The molecule has 0 saturated carbocycles. The first-order chi connectivity index (χ1) is 30.5. The van der Waals surface area contributed by atoms with Gasteiger partial charge in [0.1, 0.15) is 18.1 Å². The number of aliphatic carboxylic acids is 1. The molecule has 0 aliphatic carbocycles. The molecule has 2 fully saturated rings. The maximum Gasteiger partial charge on any atom is 0.320 e. The van der Waals surface area contributed by atoms with Crippen LogP contribution in [0, 0.1) is 10.1 Å². The molecule has 0 spiro atoms. The lowest BCUT2D eigenvalue weighted by molar-refractivity contribution is -0.384. The van der Waals surface area contributed by atoms with Crippen molar-refractivity contribution in [3.05, 3.63) is 142 Å². The third kappa shape index (κ3) is 10.7. The Bertz CT molecular complexity index is 2690. The summed E-state index contributed by atoms with van der Waals surface area (Å²) in [6, 6.07) is 34.6. The van der Waals surface area contributed by atoms with E-state index in [1.807, 2.05) is 71.6 Å². The van der Waals surface area contributed by atoms with Gasteiger partial charge in [0.15, 0.2) is 5.82 Å². The summed E-state index contributed by atoms with van der Waals surface area (Å²) in [5, 5.41) is 26.6. The second-order valence-corrected chi connectivity index (χ2v) is 18.9. The number of thioether (sulfide) groups is 1. The quantitative estimate of drug-likeness (QED) is 0.0452. The van der Waals surface area contributed by atoms with Crippen molar-refractivity contribution in [2.45, 2.75) is 47.7 Å². The highest BCUT2D eigenvalue weighted by Crippen LogP contribution is 2.33. The lowest BCUT2D eigenvalue weighted by Gasteiger charge is -2.36. The van der Waals surface area contributed by atoms with Crippen LogP contribution >= 0.6 is 23.4 Å². The summed E-state index contributed by atoms with van der Waals surface area (Å²) in [4.78, 5) is 39.8. The van der Waals surface area contributed by atoms with Gasteiger partial charge in [0.25, 0.3) is 15.7 Å². The van der Waals surface area contributed by atoms with Gasteiger partial charge in [-0.25, -0.2) is 18.4 Å². The normalized spacial score (nSPS) is 16.5. The molecule has 3 N–H and O–H groups in total. The van der Waals surface area contributed by atoms with Crippen molar-refractivity contribution in [3.63, 3.8) is 0 Å². The van der Waals surface area contributed by atoms with Gasteiger partial charge < -0.3 is 15.3 Å². The number of benzene rings is 5. The molecule has 63 heavy (non-hydrogen) atoms. The van der Waals surface area contributed by atoms with Crippen LogP contribution in [-0.4, -0.2) is 101 Å². The first kappa shape index (κ1) is 43.9. The summed E-state index contributed by atoms with van der Waals surface area (Å²) in [5.41, 5.74) is 4.83. The average Bonchev–Trinajstić information content (AvgIpc) is 3.78. The highest BCUT2D eigenvalue weighted by Gasteiger charge is 2.31. The number of nitro groups is 1. The molecule has 2 aliphatic heterocycles. The minimum Gasteiger partial charge on any atom is -0.480 e. The number of hydrogen-bond donors (Lipinski definition) is 3. The van der Waals surface area contributed by atoms with Crippen molar-refractivity contribution in [2.24, 2.45) is 0 Å². The molecule has 2 aliphatic rings. The summed E-state index contributed by atoms with van der Waals surface area (Å²) in [6.45, 7) is 5.24. The van der Waals surface area contributed by atoms with Crippen LogP contribution in [0.5, 0.6) is 0 Å². The predicted molar refractivity (Wildman–Crippen MR) is 249 cm³/mol. The lowest BCUT2D eigenvalue weighted by Crippen LogP contribution is -2.46. The Kier molecular flexibility index (Phi) is 13.7. The Hall–Kier alpha value is -5.78. The van der Waals surface area contributed by atoms with Crippen LogP contribution in [0.1, 0.15) is 24.8 Å². The average molecular weight is 908 g/mol. The van der Waals surface area contributed by atoms with Crippen molar-refractivity contribution in [1.29, 1.82) is 0 Å². The first-order valence-electron chi connectivity index (χ1n) is 20.8. The number of fused-ring (bicyclic) bond motifs is 1. The molecular formula is C46H47ClN8O6S2. The van der Waals surface area contributed by atoms with Gasteiger partial charge in [0.05, 0.1) is 15.3 Å². The number of aromatic nitrogens is 2. The van der Waals surface area contributed by atoms with Crippen molar-refractivity contribution in [1.82, 2.24) is 19.8 Å². The molecule has 2 atom stereocenters. The van der Waals surface area contributed by atoms with E-state index in [-0.39, 0.29) is 22.4 Å². The van der Waals surface area contributed by atoms with E-state index in [2.05, 4.69) is 54.1 Å². The number of piperazine rings is 1. The minimum absolute atomic E-state index is 0.0557. The maximum absolute atomic E-state index is 13.8. The van der Waals surface area contributed by atoms with Crippen LogP contribution < -0.4 is 14.9 Å². The summed E-state index contributed by atoms with van der Waals surface area (Å²) in [5.74, 6) is -0.264. The van der Waals surface area contributed by atoms with E-state index < -0.39 is 32.6 Å². The highest BCUT2D eigenvalue weighted by atomic mass is 35.5. The Labute approximate surface area is 375 Å². The largest absolute Gasteiger partial charge is 0.480 e. The highest BCUT2D eigenvalue weighted by molar-refractivity contribution is 7.99. The SMILES string of the molecule is O=C(O)[C@@H]1CCCN1CC[C@H](CSc1ccccc1)Nc1ccc(S(=O)(=O)Nc2ncnc3cc(N4CCN(Cc5ccccc5-c5ccc(Cl)cc5)CC4)ccc23)cc1[N+](=O)[O-]. The number of carboxylic acids is 1. The zero-order valence-electron chi connectivity index (χ0n) is 34.3. The minimum atomic E-state index is -4.33. The summed E-state index contributed by atoms with van der Waals surface area (Å²) in [6.07, 6.45) is 3.18. The number of carboxylic acid groups (broad SMARTS) is 1. The van der Waals surface area contributed by atoms with Crippen LogP contribution in [0.2, 0.25) is 5.02 Å². The Morgan fingerprint density at radius 1 is 0.921 bits per heavy atom. The van der Waals surface area contributed by atoms with Gasteiger partial charge in [-0.05, 0) is 97.1 Å². The fourth-order valence-electron chi connectivity index (χ4n) is 8.26. The number of carbonyl (C=O) groups is 1. The van der Waals surface area contributed by atoms with Crippen molar-refractivity contribution in [2.75, 3.05) is 60.0 Å². The molecule has 8 rings (SSSR count). The summed E-state index contributed by atoms with van der Waals surface area (Å²) in [7, 11) is -4.33. The number of hydrogen-bond acceptors (Lipinski definition) is 12. The molecule has 1 aromatic heterocycles. The van der Waals surface area contributed by atoms with Gasteiger partial charge in [-0.1, -0.05) is 66.2 Å². The Morgan fingerprint density at radius 2 is 1.68 bits per heavy atom. The van der Waals surface area contributed by atoms with Gasteiger partial charge >= 0.3 is 5.97 Å². The molecule has 3 heterocycles. The number of halogens is 1. The molecule has 5 aromatic carbocycles. The van der Waals surface area contributed by atoms with Crippen LogP contribution in [-0.2, 0) is 21.4 Å². The van der Waals surface area contributed by atoms with Crippen molar-refractivity contribution >= 4 is 73.1 Å². The van der Waals surface area contributed by atoms with E-state index in [1.165, 1.54) is 29.6 Å². The second-order valence-electron chi connectivity index (χ2n) is 15.7. The molecular weight excluding hydrogens is 860 g/mol. The number of rotatable bonds is 17. The topological polar surface area (TPSA) is 174 Å². The number of anilines is 3. The third-order valence-corrected chi connectivity index (χ3v) is 14.4. The molecule has 17 heteroatoms. The van der Waals surface area contributed by atoms with Gasteiger partial charge in [-0.15, -0.1) is 11.8 Å². The standard InChI is InChI=1S/C46H47ClN8O6S2/c47-34-14-12-32(13-15-34)39-10-5-4-7-33(39)29-52-23-25-53(26-24-52)36-16-18-40-42(27-36)48-31-49-45(40)51-63(60,61)38-17-19-41(44(28-38)55(58)59)50-35(30-62-37-8-2-1-3-9-37)20-22-54-21-6-11-43(54)46(56)57/h1-5,7-10,12-19,27-28,31,35,43,50H,6,11,20-26,29-30H2,(H,56,57)(H,48,49,51)/t35-,43+/m1/s1. The smallest absolute Gasteiger partial charge is 0.320 e. The van der Waals surface area contributed by atoms with E-state index >= 15 is 0 Å². The van der Waals surface area contributed by atoms with Crippen LogP contribution in [0.3, 0.4) is 0 Å². The third-order valence-electron chi connectivity index (χ3n) is 11.6. The molecule has 0 unspecified atom stereocenters. The van der Waals surface area contributed by atoms with Crippen LogP contribution in [0.25, 0.3) is 22.0 Å². The fourth-order valence-corrected chi connectivity index (χ4v) is 10.4. The van der Waals surface area contributed by atoms with Crippen LogP contribution in [0.15, 0.2) is 131 Å². The lowest BCUT2D eigenvalue weighted by atomic mass is 9.99. The van der Waals surface area contributed by atoms with Crippen molar-refractivity contribution < 1.29 is 23.2 Å². The number of sulfonamides is 1. The second kappa shape index (κ2) is 19.7. The molecule has 0 bridgehead atoms. The molecule has 6 aromatic rings. The fraction of sp³-hybridized carbons (Fsp3) is 0.283. The maximum atomic E-state index is 13.8. The van der Waals surface area contributed by atoms with E-state index in [4.69, 9.17) is 11.6 Å². The zero-order valence-corrected chi connectivity index (χ0v) is 36.7. The Balaban J connectivity index is 0.940. The van der Waals surface area contributed by atoms with E-state index in [9.17, 15) is 28.4 Å². The van der Waals surface area contributed by atoms with Gasteiger partial charge in [0.2, 0.25) is 0 Å². The van der Waals surface area contributed by atoms with E-state index in [1.54, 1.807) is 17.8 Å². The molecule has 0 amide bonds. The van der Waals surface area contributed by atoms with Gasteiger partial charge in [-0.3, -0.25) is 29.4 Å². The van der Waals surface area contributed by atoms with Crippen molar-refractivity contribution in [3.8, 4) is 11.1 Å². The van der Waals surface area contributed by atoms with Gasteiger partial charge in [-0.2, -0.15) is 0 Å². The first-order valence-corrected chi connectivity index (χ1v) is 23.6. The summed E-state index contributed by atoms with van der Waals surface area (Å²) < 4.78 is 30.2. The monoisotopic (exact) mass is 906 g/mol. The van der Waals surface area contributed by atoms with E-state index in [0.717, 1.165) is 61.4 Å². The van der Waals surface area contributed by atoms with Crippen LogP contribution in [0.4, 0.5) is 22.9 Å². The Morgan fingerprint density at radius 3 is 2.44 bits per heavy atom. The number of likely N-dealkylation sites (tertiary alicyclic amines) is 1. The molecule has 14 nitrogen and oxygen atoms in total. The van der Waals surface area contributed by atoms with E-state index in [0.29, 0.717) is 47.6 Å². The molecule has 0 radical (unpaired) electrons. The molecule has 2 saturated heterocycles. The zero-order chi connectivity index (χ0) is 43.9. The number of nitrogens with one attached hydrogen (secondary N) is 2. The predicted octanol–water partition coefficient (Wildman–Crippen LogP) is 8.49. The number of nitro benzene ring substituents is 1.